The minimum Gasteiger partial charge on any atom is -0.0622 e. The summed E-state index contributed by atoms with van der Waals surface area (Å²) < 4.78 is 0. The third-order valence-corrected chi connectivity index (χ3v) is 12.2. The van der Waals surface area contributed by atoms with E-state index in [1.807, 2.05) is 0 Å². The molecule has 0 amide bonds. The first-order valence-corrected chi connectivity index (χ1v) is 19.4. The summed E-state index contributed by atoms with van der Waals surface area (Å²) in [4.78, 5) is 0. The van der Waals surface area contributed by atoms with Gasteiger partial charge in [-0.25, -0.2) is 0 Å². The first-order valence-electron chi connectivity index (χ1n) is 19.4. The van der Waals surface area contributed by atoms with Crippen molar-refractivity contribution in [2.75, 3.05) is 0 Å². The number of benzene rings is 10. The molecule has 0 N–H and O–H groups in total. The van der Waals surface area contributed by atoms with E-state index in [9.17, 15) is 0 Å². The van der Waals surface area contributed by atoms with E-state index in [2.05, 4.69) is 208 Å². The topological polar surface area (TPSA) is 0 Å². The average Bonchev–Trinajstić information content (AvgIpc) is 3.48. The molecule has 0 nitrogen and oxygen atoms in total. The highest BCUT2D eigenvalue weighted by Crippen LogP contribution is 2.53. The molecule has 0 heterocycles. The van der Waals surface area contributed by atoms with Crippen LogP contribution >= 0.6 is 0 Å². The Hall–Kier alpha value is -6.76. The zero-order chi connectivity index (χ0) is 36.7. The van der Waals surface area contributed by atoms with E-state index in [0.717, 1.165) is 0 Å². The standard InChI is InChI=1S/C55H38/c1-55(2)49-32-28-37-18-9-11-21-41(37)52(49)46-30-27-40(34-50(46)55)39-26-29-45(48(33-39)35-15-5-3-6-16-35)54-44-24-14-13-23-43(44)51(38-19-7-4-8-20-38)47-31-25-36-17-10-12-22-42(36)53(47)54/h3-34H,1-2H3. The first-order chi connectivity index (χ1) is 27.1. The number of hydrogen-bond donors (Lipinski definition) is 0. The minimum absolute atomic E-state index is 0.105. The molecular weight excluding hydrogens is 661 g/mol. The van der Waals surface area contributed by atoms with Gasteiger partial charge in [0, 0.05) is 5.41 Å². The quantitative estimate of drug-likeness (QED) is 0.127. The Morgan fingerprint density at radius 1 is 0.291 bits per heavy atom. The van der Waals surface area contributed by atoms with Crippen molar-refractivity contribution >= 4 is 43.1 Å². The van der Waals surface area contributed by atoms with Crippen molar-refractivity contribution in [2.45, 2.75) is 19.3 Å². The van der Waals surface area contributed by atoms with Gasteiger partial charge in [0.1, 0.15) is 0 Å². The maximum atomic E-state index is 2.46. The van der Waals surface area contributed by atoms with E-state index in [-0.39, 0.29) is 5.41 Å². The van der Waals surface area contributed by atoms with Gasteiger partial charge >= 0.3 is 0 Å². The molecule has 10 aromatic carbocycles. The molecule has 0 saturated carbocycles. The highest BCUT2D eigenvalue weighted by Gasteiger charge is 2.36. The molecular formula is C55H38. The molecule has 0 saturated heterocycles. The van der Waals surface area contributed by atoms with Gasteiger partial charge < -0.3 is 0 Å². The lowest BCUT2D eigenvalue weighted by Gasteiger charge is -2.23. The van der Waals surface area contributed by atoms with Crippen LogP contribution in [-0.4, -0.2) is 0 Å². The molecule has 0 bridgehead atoms. The van der Waals surface area contributed by atoms with E-state index < -0.39 is 0 Å². The van der Waals surface area contributed by atoms with Crippen LogP contribution in [0.4, 0.5) is 0 Å². The van der Waals surface area contributed by atoms with E-state index >= 15 is 0 Å². The fourth-order valence-electron chi connectivity index (χ4n) is 9.63. The Labute approximate surface area is 322 Å². The van der Waals surface area contributed by atoms with Crippen molar-refractivity contribution in [3.63, 3.8) is 0 Å². The Kier molecular flexibility index (Phi) is 7.00. The average molecular weight is 699 g/mol. The van der Waals surface area contributed by atoms with Crippen molar-refractivity contribution in [1.29, 1.82) is 0 Å². The molecule has 0 spiro atoms. The van der Waals surface area contributed by atoms with Crippen LogP contribution < -0.4 is 0 Å². The summed E-state index contributed by atoms with van der Waals surface area (Å²) in [6.07, 6.45) is 0. The van der Waals surface area contributed by atoms with E-state index in [4.69, 9.17) is 0 Å². The lowest BCUT2D eigenvalue weighted by molar-refractivity contribution is 0.661. The summed E-state index contributed by atoms with van der Waals surface area (Å²) in [6.45, 7) is 4.77. The highest BCUT2D eigenvalue weighted by atomic mass is 14.4. The molecule has 258 valence electrons. The van der Waals surface area contributed by atoms with Crippen LogP contribution in [0, 0.1) is 0 Å². The number of hydrogen-bond acceptors (Lipinski definition) is 0. The van der Waals surface area contributed by atoms with Gasteiger partial charge in [0.15, 0.2) is 0 Å². The molecule has 10 aromatic rings. The second-order valence-electron chi connectivity index (χ2n) is 15.6. The minimum atomic E-state index is -0.105. The summed E-state index contributed by atoms with van der Waals surface area (Å²) in [7, 11) is 0. The largest absolute Gasteiger partial charge is 0.0622 e. The maximum absolute atomic E-state index is 2.46. The molecule has 0 aromatic heterocycles. The van der Waals surface area contributed by atoms with Crippen LogP contribution in [0.1, 0.15) is 25.0 Å². The van der Waals surface area contributed by atoms with Gasteiger partial charge in [0.2, 0.25) is 0 Å². The van der Waals surface area contributed by atoms with Gasteiger partial charge in [-0.15, -0.1) is 0 Å². The van der Waals surface area contributed by atoms with Crippen LogP contribution in [0.2, 0.25) is 0 Å². The lowest BCUT2D eigenvalue weighted by Crippen LogP contribution is -2.15. The summed E-state index contributed by atoms with van der Waals surface area (Å²) in [5.41, 5.74) is 15.4. The normalized spacial score (nSPS) is 13.1. The predicted octanol–water partition coefficient (Wildman–Crippen LogP) is 15.3. The van der Waals surface area contributed by atoms with Gasteiger partial charge in [-0.2, -0.15) is 0 Å². The number of fused-ring (bicyclic) bond motifs is 9. The molecule has 0 aliphatic heterocycles. The third-order valence-electron chi connectivity index (χ3n) is 12.2. The second kappa shape index (κ2) is 12.1. The molecule has 0 unspecified atom stereocenters. The Morgan fingerprint density at radius 2 is 0.836 bits per heavy atom. The highest BCUT2D eigenvalue weighted by molar-refractivity contribution is 6.28. The third kappa shape index (κ3) is 4.78. The summed E-state index contributed by atoms with van der Waals surface area (Å²) >= 11 is 0. The van der Waals surface area contributed by atoms with Crippen molar-refractivity contribution in [3.8, 4) is 55.6 Å². The zero-order valence-corrected chi connectivity index (χ0v) is 31.0. The van der Waals surface area contributed by atoms with Crippen molar-refractivity contribution < 1.29 is 0 Å². The van der Waals surface area contributed by atoms with Gasteiger partial charge in [-0.3, -0.25) is 0 Å². The van der Waals surface area contributed by atoms with Crippen LogP contribution in [0.3, 0.4) is 0 Å². The summed E-state index contributed by atoms with van der Waals surface area (Å²) in [5.74, 6) is 0. The maximum Gasteiger partial charge on any atom is 0.0159 e. The molecule has 0 fully saturated rings. The molecule has 1 aliphatic carbocycles. The lowest BCUT2D eigenvalue weighted by atomic mass is 9.80. The second-order valence-corrected chi connectivity index (χ2v) is 15.6. The molecule has 0 radical (unpaired) electrons. The van der Waals surface area contributed by atoms with E-state index in [0.29, 0.717) is 0 Å². The first kappa shape index (κ1) is 31.7. The van der Waals surface area contributed by atoms with E-state index in [1.165, 1.54) is 110 Å². The molecule has 11 rings (SSSR count). The Morgan fingerprint density at radius 3 is 1.56 bits per heavy atom. The molecule has 0 heteroatoms. The van der Waals surface area contributed by atoms with Crippen LogP contribution in [0.25, 0.3) is 98.7 Å². The van der Waals surface area contributed by atoms with Crippen LogP contribution in [0.5, 0.6) is 0 Å². The zero-order valence-electron chi connectivity index (χ0n) is 31.0. The van der Waals surface area contributed by atoms with Crippen molar-refractivity contribution in [2.24, 2.45) is 0 Å². The van der Waals surface area contributed by atoms with Crippen LogP contribution in [0.15, 0.2) is 194 Å². The monoisotopic (exact) mass is 698 g/mol. The summed E-state index contributed by atoms with van der Waals surface area (Å²) in [6, 6.07) is 72.2. The van der Waals surface area contributed by atoms with Gasteiger partial charge in [0.05, 0.1) is 0 Å². The Balaban J connectivity index is 1.19. The van der Waals surface area contributed by atoms with Gasteiger partial charge in [-0.1, -0.05) is 196 Å². The SMILES string of the molecule is CC1(C)c2cc(-c3ccc(-c4c5ccccc5c(-c5ccccc5)c5ccc6ccccc6c45)c(-c4ccccc4)c3)ccc2-c2c1ccc1ccccc21. The molecule has 55 heavy (non-hydrogen) atoms. The van der Waals surface area contributed by atoms with Gasteiger partial charge in [-0.05, 0) is 122 Å². The van der Waals surface area contributed by atoms with Crippen LogP contribution in [-0.2, 0) is 5.41 Å². The molecule has 0 atom stereocenters. The smallest absolute Gasteiger partial charge is 0.0159 e. The molecule has 1 aliphatic rings. The van der Waals surface area contributed by atoms with Crippen molar-refractivity contribution in [3.05, 3.63) is 205 Å². The fourth-order valence-corrected chi connectivity index (χ4v) is 9.63. The van der Waals surface area contributed by atoms with Crippen molar-refractivity contribution in [1.82, 2.24) is 0 Å². The van der Waals surface area contributed by atoms with Gasteiger partial charge in [0.25, 0.3) is 0 Å². The fraction of sp³-hybridized carbons (Fsp3) is 0.0545. The summed E-state index contributed by atoms with van der Waals surface area (Å²) in [5, 5.41) is 10.2. The number of rotatable bonds is 4. The predicted molar refractivity (Wildman–Crippen MR) is 236 cm³/mol. The van der Waals surface area contributed by atoms with E-state index in [1.54, 1.807) is 0 Å². The Bertz CT molecular complexity index is 3150.